The van der Waals surface area contributed by atoms with Crippen molar-refractivity contribution in [1.82, 2.24) is 0 Å². The summed E-state index contributed by atoms with van der Waals surface area (Å²) in [4.78, 5) is 0. The van der Waals surface area contributed by atoms with Crippen LogP contribution in [0, 0.1) is 45.4 Å². The van der Waals surface area contributed by atoms with Crippen LogP contribution in [0.15, 0.2) is 36.4 Å². The van der Waals surface area contributed by atoms with Gasteiger partial charge in [-0.25, -0.2) is 0 Å². The molecule has 3 unspecified atom stereocenters. The zero-order valence-electron chi connectivity index (χ0n) is 17.4. The molecule has 0 bridgehead atoms. The van der Waals surface area contributed by atoms with Crippen molar-refractivity contribution in [2.75, 3.05) is 0 Å². The van der Waals surface area contributed by atoms with Gasteiger partial charge in [-0.05, 0) is 63.0 Å². The van der Waals surface area contributed by atoms with Crippen molar-refractivity contribution >= 4 is 0 Å². The quantitative estimate of drug-likeness (QED) is 0.626. The van der Waals surface area contributed by atoms with Gasteiger partial charge in [0.15, 0.2) is 0 Å². The number of aromatic hydroxyl groups is 2. The van der Waals surface area contributed by atoms with Gasteiger partial charge in [0, 0.05) is 17.0 Å². The molecule has 2 heteroatoms. The summed E-state index contributed by atoms with van der Waals surface area (Å²) in [7, 11) is 0. The van der Waals surface area contributed by atoms with Crippen molar-refractivity contribution in [2.45, 2.75) is 53.9 Å². The molecule has 2 aromatic carbocycles. The maximum absolute atomic E-state index is 10.9. The predicted octanol–water partition coefficient (Wildman–Crippen LogP) is 6.31. The smallest absolute Gasteiger partial charge is 0.122 e. The van der Waals surface area contributed by atoms with Gasteiger partial charge in [-0.3, -0.25) is 0 Å². The molecular weight excluding hydrogens is 332 g/mol. The highest BCUT2D eigenvalue weighted by atomic mass is 16.3. The standard InChI is InChI=1S/C25H32O2/c1-14-9-18(5)24(26)21(11-14)23(20-8-7-16(3)17(4)13-20)22-12-15(2)10-19(6)25(22)27/h7-12,16-17,20,23,26-27H,13H2,1-6H3. The van der Waals surface area contributed by atoms with Crippen LogP contribution in [0.25, 0.3) is 0 Å². The second kappa shape index (κ2) is 7.42. The number of rotatable bonds is 3. The van der Waals surface area contributed by atoms with Gasteiger partial charge < -0.3 is 10.2 Å². The van der Waals surface area contributed by atoms with Gasteiger partial charge in [0.2, 0.25) is 0 Å². The molecule has 0 saturated carbocycles. The van der Waals surface area contributed by atoms with E-state index in [0.717, 1.165) is 39.8 Å². The van der Waals surface area contributed by atoms with Gasteiger partial charge in [-0.15, -0.1) is 0 Å². The van der Waals surface area contributed by atoms with E-state index in [-0.39, 0.29) is 11.8 Å². The molecule has 2 N–H and O–H groups in total. The molecule has 0 amide bonds. The fourth-order valence-corrected chi connectivity index (χ4v) is 4.57. The van der Waals surface area contributed by atoms with E-state index in [2.05, 4.69) is 52.0 Å². The first-order valence-corrected chi connectivity index (χ1v) is 9.97. The summed E-state index contributed by atoms with van der Waals surface area (Å²) in [6.07, 6.45) is 5.63. The van der Waals surface area contributed by atoms with Gasteiger partial charge in [0.05, 0.1) is 0 Å². The molecule has 0 aromatic heterocycles. The van der Waals surface area contributed by atoms with E-state index in [1.165, 1.54) is 0 Å². The van der Waals surface area contributed by atoms with Gasteiger partial charge in [0.25, 0.3) is 0 Å². The summed E-state index contributed by atoms with van der Waals surface area (Å²) in [5.41, 5.74) is 5.89. The van der Waals surface area contributed by atoms with Crippen LogP contribution in [0.3, 0.4) is 0 Å². The highest BCUT2D eigenvalue weighted by molar-refractivity contribution is 5.54. The molecule has 0 radical (unpaired) electrons. The largest absolute Gasteiger partial charge is 0.507 e. The first-order valence-electron chi connectivity index (χ1n) is 9.97. The Morgan fingerprint density at radius 1 is 0.778 bits per heavy atom. The molecule has 3 atom stereocenters. The third-order valence-corrected chi connectivity index (χ3v) is 6.25. The van der Waals surface area contributed by atoms with Crippen LogP contribution in [0.4, 0.5) is 0 Å². The molecule has 1 aliphatic rings. The summed E-state index contributed by atoms with van der Waals surface area (Å²) in [6.45, 7) is 12.6. The molecule has 27 heavy (non-hydrogen) atoms. The summed E-state index contributed by atoms with van der Waals surface area (Å²) in [5, 5.41) is 21.9. The van der Waals surface area contributed by atoms with Crippen LogP contribution in [-0.2, 0) is 0 Å². The lowest BCUT2D eigenvalue weighted by molar-refractivity contribution is 0.326. The minimum absolute atomic E-state index is 0.0617. The number of aryl methyl sites for hydroxylation is 4. The SMILES string of the molecule is Cc1cc(C)c(O)c(C(c2cc(C)cc(C)c2O)C2C=CC(C)C(C)C2)c1. The molecule has 3 rings (SSSR count). The van der Waals surface area contributed by atoms with E-state index in [4.69, 9.17) is 0 Å². The first-order chi connectivity index (χ1) is 12.7. The third-order valence-electron chi connectivity index (χ3n) is 6.25. The zero-order chi connectivity index (χ0) is 19.9. The topological polar surface area (TPSA) is 40.5 Å². The predicted molar refractivity (Wildman–Crippen MR) is 113 cm³/mol. The van der Waals surface area contributed by atoms with Gasteiger partial charge in [0.1, 0.15) is 11.5 Å². The van der Waals surface area contributed by atoms with Crippen molar-refractivity contribution in [1.29, 1.82) is 0 Å². The molecule has 0 aliphatic heterocycles. The van der Waals surface area contributed by atoms with E-state index < -0.39 is 0 Å². The van der Waals surface area contributed by atoms with E-state index in [9.17, 15) is 10.2 Å². The molecule has 0 fully saturated rings. The summed E-state index contributed by atoms with van der Waals surface area (Å²) >= 11 is 0. The molecular formula is C25H32O2. The van der Waals surface area contributed by atoms with E-state index >= 15 is 0 Å². The lowest BCUT2D eigenvalue weighted by atomic mass is 9.70. The molecule has 144 valence electrons. The minimum Gasteiger partial charge on any atom is -0.507 e. The Hall–Kier alpha value is -2.22. The monoisotopic (exact) mass is 364 g/mol. The Morgan fingerprint density at radius 3 is 1.70 bits per heavy atom. The van der Waals surface area contributed by atoms with Crippen LogP contribution in [0.5, 0.6) is 11.5 Å². The Bertz CT molecular complexity index is 821. The Balaban J connectivity index is 2.24. The van der Waals surface area contributed by atoms with Crippen molar-refractivity contribution in [3.8, 4) is 11.5 Å². The maximum Gasteiger partial charge on any atom is 0.122 e. The number of phenols is 2. The number of hydrogen-bond acceptors (Lipinski definition) is 2. The van der Waals surface area contributed by atoms with E-state index in [1.807, 2.05) is 26.0 Å². The first kappa shape index (κ1) is 19.5. The van der Waals surface area contributed by atoms with Gasteiger partial charge in [-0.2, -0.15) is 0 Å². The molecule has 2 aromatic rings. The van der Waals surface area contributed by atoms with E-state index in [1.54, 1.807) is 0 Å². The maximum atomic E-state index is 10.9. The fourth-order valence-electron chi connectivity index (χ4n) is 4.57. The van der Waals surface area contributed by atoms with Crippen molar-refractivity contribution in [3.05, 3.63) is 69.8 Å². The van der Waals surface area contributed by atoms with Crippen molar-refractivity contribution in [2.24, 2.45) is 17.8 Å². The zero-order valence-corrected chi connectivity index (χ0v) is 17.4. The average Bonchev–Trinajstić information content (AvgIpc) is 2.59. The minimum atomic E-state index is -0.0617. The molecule has 1 aliphatic carbocycles. The summed E-state index contributed by atoms with van der Waals surface area (Å²) in [6, 6.07) is 8.19. The van der Waals surface area contributed by atoms with Gasteiger partial charge >= 0.3 is 0 Å². The second-order valence-corrected chi connectivity index (χ2v) is 8.64. The molecule has 0 heterocycles. The Kier molecular flexibility index (Phi) is 5.37. The molecule has 0 saturated heterocycles. The Morgan fingerprint density at radius 2 is 1.26 bits per heavy atom. The molecule has 0 spiro atoms. The van der Waals surface area contributed by atoms with Crippen LogP contribution in [-0.4, -0.2) is 10.2 Å². The third kappa shape index (κ3) is 3.76. The fraction of sp³-hybridized carbons (Fsp3) is 0.440. The number of hydrogen-bond donors (Lipinski definition) is 2. The Labute approximate surface area is 163 Å². The summed E-state index contributed by atoms with van der Waals surface area (Å²) < 4.78 is 0. The lowest BCUT2D eigenvalue weighted by Gasteiger charge is -2.34. The lowest BCUT2D eigenvalue weighted by Crippen LogP contribution is -2.22. The van der Waals surface area contributed by atoms with Crippen LogP contribution >= 0.6 is 0 Å². The number of allylic oxidation sites excluding steroid dienone is 2. The summed E-state index contributed by atoms with van der Waals surface area (Å²) in [5.74, 6) is 2.02. The van der Waals surface area contributed by atoms with Crippen LogP contribution in [0.1, 0.15) is 59.6 Å². The molecule has 2 nitrogen and oxygen atoms in total. The van der Waals surface area contributed by atoms with Crippen LogP contribution < -0.4 is 0 Å². The van der Waals surface area contributed by atoms with E-state index in [0.29, 0.717) is 23.3 Å². The number of benzene rings is 2. The van der Waals surface area contributed by atoms with Crippen LogP contribution in [0.2, 0.25) is 0 Å². The second-order valence-electron chi connectivity index (χ2n) is 8.64. The van der Waals surface area contributed by atoms with Crippen molar-refractivity contribution in [3.63, 3.8) is 0 Å². The van der Waals surface area contributed by atoms with Gasteiger partial charge in [-0.1, -0.05) is 61.4 Å². The number of phenolic OH excluding ortho intramolecular Hbond substituents is 2. The highest BCUT2D eigenvalue weighted by Crippen LogP contribution is 2.47. The van der Waals surface area contributed by atoms with Crippen molar-refractivity contribution < 1.29 is 10.2 Å². The normalized spacial score (nSPS) is 22.4. The average molecular weight is 365 g/mol. The highest BCUT2D eigenvalue weighted by Gasteiger charge is 2.32.